The molecule has 18 heavy (non-hydrogen) atoms. The Morgan fingerprint density at radius 2 is 2.44 bits per heavy atom. The lowest BCUT2D eigenvalue weighted by molar-refractivity contribution is 0.0748. The number of carbonyl (C=O) groups excluding carboxylic acids is 1. The first-order valence-electron chi connectivity index (χ1n) is 6.44. The van der Waals surface area contributed by atoms with Crippen LogP contribution in [-0.2, 0) is 4.74 Å². The summed E-state index contributed by atoms with van der Waals surface area (Å²) in [5.41, 5.74) is 0.424. The fourth-order valence-electron chi connectivity index (χ4n) is 2.12. The zero-order chi connectivity index (χ0) is 12.8. The summed E-state index contributed by atoms with van der Waals surface area (Å²) in [6.07, 6.45) is 6.68. The number of amides is 1. The summed E-state index contributed by atoms with van der Waals surface area (Å²) in [5, 5.41) is 0. The molecule has 1 aliphatic rings. The summed E-state index contributed by atoms with van der Waals surface area (Å²) >= 11 is 0. The lowest BCUT2D eigenvalue weighted by atomic mass is 10.1. The molecule has 0 radical (unpaired) electrons. The van der Waals surface area contributed by atoms with Gasteiger partial charge in [-0.1, -0.05) is 6.92 Å². The van der Waals surface area contributed by atoms with E-state index in [9.17, 15) is 4.79 Å². The van der Waals surface area contributed by atoms with Crippen molar-refractivity contribution in [2.24, 2.45) is 5.92 Å². The van der Waals surface area contributed by atoms with E-state index < -0.39 is 0 Å². The highest BCUT2D eigenvalue weighted by atomic mass is 16.5. The van der Waals surface area contributed by atoms with Crippen LogP contribution in [0.2, 0.25) is 0 Å². The first-order valence-corrected chi connectivity index (χ1v) is 6.44. The van der Waals surface area contributed by atoms with Gasteiger partial charge < -0.3 is 9.64 Å². The fourth-order valence-corrected chi connectivity index (χ4v) is 2.12. The normalized spacial score (nSPS) is 19.2. The summed E-state index contributed by atoms with van der Waals surface area (Å²) in [5.74, 6) is 0.429. The van der Waals surface area contributed by atoms with Crippen LogP contribution in [0.3, 0.4) is 0 Å². The monoisotopic (exact) mass is 249 g/mol. The maximum atomic E-state index is 12.1. The van der Waals surface area contributed by atoms with E-state index in [-0.39, 0.29) is 5.91 Å². The van der Waals surface area contributed by atoms with Crippen LogP contribution in [0.4, 0.5) is 0 Å². The first kappa shape index (κ1) is 13.0. The Balaban J connectivity index is 1.83. The van der Waals surface area contributed by atoms with E-state index in [1.165, 1.54) is 6.20 Å². The molecule has 98 valence electrons. The number of ether oxygens (including phenoxy) is 1. The number of hydrogen-bond donors (Lipinski definition) is 0. The summed E-state index contributed by atoms with van der Waals surface area (Å²) in [6.45, 7) is 5.19. The molecule has 5 heteroatoms. The number of rotatable bonds is 5. The summed E-state index contributed by atoms with van der Waals surface area (Å²) < 4.78 is 5.53. The van der Waals surface area contributed by atoms with Gasteiger partial charge in [-0.15, -0.1) is 0 Å². The van der Waals surface area contributed by atoms with Crippen LogP contribution in [0.15, 0.2) is 18.6 Å². The van der Waals surface area contributed by atoms with Crippen molar-refractivity contribution in [1.29, 1.82) is 0 Å². The minimum Gasteiger partial charge on any atom is -0.381 e. The Hall–Kier alpha value is -1.49. The lowest BCUT2D eigenvalue weighted by Gasteiger charge is -2.15. The third-order valence-electron chi connectivity index (χ3n) is 3.06. The van der Waals surface area contributed by atoms with Crippen LogP contribution >= 0.6 is 0 Å². The molecule has 0 saturated carbocycles. The maximum absolute atomic E-state index is 12.1. The van der Waals surface area contributed by atoms with Gasteiger partial charge in [0.2, 0.25) is 0 Å². The topological polar surface area (TPSA) is 55.3 Å². The predicted molar refractivity (Wildman–Crippen MR) is 67.2 cm³/mol. The van der Waals surface area contributed by atoms with Gasteiger partial charge in [0.1, 0.15) is 5.69 Å². The summed E-state index contributed by atoms with van der Waals surface area (Å²) in [7, 11) is 0. The third kappa shape index (κ3) is 3.26. The largest absolute Gasteiger partial charge is 0.381 e. The molecule has 1 atom stereocenters. The SMILES string of the molecule is CCCOC[C@H]1CCN(C(=O)c2cnccn2)C1. The molecule has 1 amide bonds. The van der Waals surface area contributed by atoms with Crippen LogP contribution in [-0.4, -0.2) is 47.1 Å². The molecule has 1 aromatic rings. The van der Waals surface area contributed by atoms with Crippen molar-refractivity contribution in [2.45, 2.75) is 19.8 Å². The average Bonchev–Trinajstić information content (AvgIpc) is 2.88. The van der Waals surface area contributed by atoms with Gasteiger partial charge in [0, 0.05) is 38.0 Å². The van der Waals surface area contributed by atoms with E-state index in [0.717, 1.165) is 39.1 Å². The summed E-state index contributed by atoms with van der Waals surface area (Å²) in [6, 6.07) is 0. The van der Waals surface area contributed by atoms with Crippen molar-refractivity contribution in [3.8, 4) is 0 Å². The molecule has 0 unspecified atom stereocenters. The van der Waals surface area contributed by atoms with Gasteiger partial charge in [0.15, 0.2) is 0 Å². The second-order valence-electron chi connectivity index (χ2n) is 4.57. The van der Waals surface area contributed by atoms with Gasteiger partial charge in [-0.2, -0.15) is 0 Å². The molecule has 5 nitrogen and oxygen atoms in total. The molecule has 2 rings (SSSR count). The number of carbonyl (C=O) groups is 1. The molecular formula is C13H19N3O2. The van der Waals surface area contributed by atoms with Crippen molar-refractivity contribution in [3.05, 3.63) is 24.3 Å². The molecule has 0 spiro atoms. The van der Waals surface area contributed by atoms with Crippen LogP contribution in [0, 0.1) is 5.92 Å². The van der Waals surface area contributed by atoms with Gasteiger partial charge >= 0.3 is 0 Å². The fraction of sp³-hybridized carbons (Fsp3) is 0.615. The zero-order valence-electron chi connectivity index (χ0n) is 10.7. The quantitative estimate of drug-likeness (QED) is 0.739. The highest BCUT2D eigenvalue weighted by Crippen LogP contribution is 2.18. The third-order valence-corrected chi connectivity index (χ3v) is 3.06. The van der Waals surface area contributed by atoms with Crippen molar-refractivity contribution >= 4 is 5.91 Å². The van der Waals surface area contributed by atoms with Gasteiger partial charge in [-0.3, -0.25) is 9.78 Å². The number of nitrogens with zero attached hydrogens (tertiary/aromatic N) is 3. The van der Waals surface area contributed by atoms with Crippen LogP contribution in [0.1, 0.15) is 30.3 Å². The molecule has 0 N–H and O–H groups in total. The number of aromatic nitrogens is 2. The second kappa shape index (κ2) is 6.44. The van der Waals surface area contributed by atoms with E-state index >= 15 is 0 Å². The minimum absolute atomic E-state index is 0.0268. The maximum Gasteiger partial charge on any atom is 0.274 e. The standard InChI is InChI=1S/C13H19N3O2/c1-2-7-18-10-11-3-6-16(9-11)13(17)12-8-14-4-5-15-12/h4-5,8,11H,2-3,6-7,9-10H2,1H3/t11-/m0/s1. The van der Waals surface area contributed by atoms with Crippen LogP contribution in [0.25, 0.3) is 0 Å². The molecule has 1 saturated heterocycles. The second-order valence-corrected chi connectivity index (χ2v) is 4.57. The van der Waals surface area contributed by atoms with E-state index in [4.69, 9.17) is 4.74 Å². The van der Waals surface area contributed by atoms with Crippen molar-refractivity contribution in [3.63, 3.8) is 0 Å². The predicted octanol–water partition coefficient (Wildman–Crippen LogP) is 1.37. The van der Waals surface area contributed by atoms with Gasteiger partial charge in [-0.25, -0.2) is 4.98 Å². The van der Waals surface area contributed by atoms with Gasteiger partial charge in [0.25, 0.3) is 5.91 Å². The van der Waals surface area contributed by atoms with Crippen molar-refractivity contribution in [2.75, 3.05) is 26.3 Å². The van der Waals surface area contributed by atoms with Gasteiger partial charge in [0.05, 0.1) is 12.8 Å². The van der Waals surface area contributed by atoms with Gasteiger partial charge in [-0.05, 0) is 12.8 Å². The van der Waals surface area contributed by atoms with E-state index in [2.05, 4.69) is 16.9 Å². The molecule has 1 aliphatic heterocycles. The Bertz CT molecular complexity index is 383. The van der Waals surface area contributed by atoms with E-state index in [1.807, 2.05) is 4.90 Å². The molecule has 0 bridgehead atoms. The highest BCUT2D eigenvalue weighted by molar-refractivity contribution is 5.92. The van der Waals surface area contributed by atoms with E-state index in [0.29, 0.717) is 11.6 Å². The molecule has 0 aromatic carbocycles. The summed E-state index contributed by atoms with van der Waals surface area (Å²) in [4.78, 5) is 21.9. The van der Waals surface area contributed by atoms with Crippen LogP contribution < -0.4 is 0 Å². The Morgan fingerprint density at radius 3 is 3.17 bits per heavy atom. The molecular weight excluding hydrogens is 230 g/mol. The Kier molecular flexibility index (Phi) is 4.64. The van der Waals surface area contributed by atoms with Crippen molar-refractivity contribution in [1.82, 2.24) is 14.9 Å². The highest BCUT2D eigenvalue weighted by Gasteiger charge is 2.27. The average molecular weight is 249 g/mol. The lowest BCUT2D eigenvalue weighted by Crippen LogP contribution is -2.30. The minimum atomic E-state index is -0.0268. The van der Waals surface area contributed by atoms with Crippen molar-refractivity contribution < 1.29 is 9.53 Å². The Labute approximate surface area is 107 Å². The molecule has 1 fully saturated rings. The smallest absolute Gasteiger partial charge is 0.274 e. The molecule has 0 aliphatic carbocycles. The molecule has 2 heterocycles. The molecule has 1 aromatic heterocycles. The van der Waals surface area contributed by atoms with E-state index in [1.54, 1.807) is 12.4 Å². The number of hydrogen-bond acceptors (Lipinski definition) is 4. The van der Waals surface area contributed by atoms with Crippen LogP contribution in [0.5, 0.6) is 0 Å². The number of likely N-dealkylation sites (tertiary alicyclic amines) is 1. The zero-order valence-corrected chi connectivity index (χ0v) is 10.7. The Morgan fingerprint density at radius 1 is 1.56 bits per heavy atom. The first-order chi connectivity index (χ1) is 8.81.